The second kappa shape index (κ2) is 6.34. The van der Waals surface area contributed by atoms with Crippen LogP contribution in [0.4, 0.5) is 11.4 Å². The maximum Gasteiger partial charge on any atom is 0.0730 e. The van der Waals surface area contributed by atoms with Gasteiger partial charge in [0.1, 0.15) is 0 Å². The van der Waals surface area contributed by atoms with Crippen LogP contribution >= 0.6 is 0 Å². The molecule has 1 saturated heterocycles. The Balaban J connectivity index is 1.54. The van der Waals surface area contributed by atoms with Crippen molar-refractivity contribution in [3.05, 3.63) is 78.9 Å². The molecule has 3 nitrogen and oxygen atoms in total. The van der Waals surface area contributed by atoms with Crippen molar-refractivity contribution >= 4 is 33.2 Å². The van der Waals surface area contributed by atoms with Gasteiger partial charge in [0.25, 0.3) is 0 Å². The molecule has 2 heterocycles. The van der Waals surface area contributed by atoms with Gasteiger partial charge in [-0.2, -0.15) is 0 Å². The molecule has 0 radical (unpaired) electrons. The van der Waals surface area contributed by atoms with Crippen LogP contribution < -0.4 is 9.80 Å². The van der Waals surface area contributed by atoms with Crippen molar-refractivity contribution in [2.75, 3.05) is 36.0 Å². The molecule has 0 bridgehead atoms. The fraction of sp³-hybridized carbons (Fsp3) is 0.174. The van der Waals surface area contributed by atoms with E-state index in [2.05, 4.69) is 88.7 Å². The van der Waals surface area contributed by atoms with Crippen molar-refractivity contribution in [2.45, 2.75) is 0 Å². The van der Waals surface area contributed by atoms with E-state index in [1.807, 2.05) is 0 Å². The van der Waals surface area contributed by atoms with Crippen LogP contribution in [0.3, 0.4) is 0 Å². The molecule has 26 heavy (non-hydrogen) atoms. The van der Waals surface area contributed by atoms with Gasteiger partial charge < -0.3 is 9.80 Å². The number of fused-ring (bicyclic) bond motifs is 2. The fourth-order valence-corrected chi connectivity index (χ4v) is 3.99. The molecule has 4 aromatic rings. The van der Waals surface area contributed by atoms with E-state index in [4.69, 9.17) is 4.98 Å². The molecule has 128 valence electrons. The Hall–Kier alpha value is -3.07. The lowest BCUT2D eigenvalue weighted by molar-refractivity contribution is 0.656. The monoisotopic (exact) mass is 339 g/mol. The van der Waals surface area contributed by atoms with Gasteiger partial charge in [0.15, 0.2) is 0 Å². The number of para-hydroxylation sites is 3. The minimum Gasteiger partial charge on any atom is -0.368 e. The number of nitrogens with zero attached hydrogens (tertiary/aromatic N) is 3. The van der Waals surface area contributed by atoms with Gasteiger partial charge in [-0.25, -0.2) is 4.98 Å². The zero-order valence-corrected chi connectivity index (χ0v) is 14.7. The summed E-state index contributed by atoms with van der Waals surface area (Å²) in [6.07, 6.45) is 0. The molecule has 0 spiro atoms. The van der Waals surface area contributed by atoms with E-state index in [9.17, 15) is 0 Å². The lowest BCUT2D eigenvalue weighted by Crippen LogP contribution is -2.46. The molecular formula is C23H21N3. The van der Waals surface area contributed by atoms with Crippen LogP contribution in [0.25, 0.3) is 21.8 Å². The Morgan fingerprint density at radius 3 is 1.65 bits per heavy atom. The Bertz CT molecular complexity index is 997. The minimum absolute atomic E-state index is 1.02. The maximum atomic E-state index is 4.86. The summed E-state index contributed by atoms with van der Waals surface area (Å²) < 4.78 is 0. The molecule has 0 atom stereocenters. The molecule has 3 aromatic carbocycles. The number of aromatic nitrogens is 1. The number of piperazine rings is 1. The first-order valence-corrected chi connectivity index (χ1v) is 9.22. The predicted octanol–water partition coefficient (Wildman–Crippen LogP) is 4.71. The first-order chi connectivity index (χ1) is 12.9. The van der Waals surface area contributed by atoms with Crippen molar-refractivity contribution in [1.29, 1.82) is 0 Å². The van der Waals surface area contributed by atoms with Crippen LogP contribution in [0.1, 0.15) is 0 Å². The summed E-state index contributed by atoms with van der Waals surface area (Å²) in [5, 5.41) is 2.50. The van der Waals surface area contributed by atoms with Gasteiger partial charge in [0, 0.05) is 42.6 Å². The van der Waals surface area contributed by atoms with Crippen molar-refractivity contribution in [2.24, 2.45) is 0 Å². The van der Waals surface area contributed by atoms with Gasteiger partial charge in [0.05, 0.1) is 16.7 Å². The molecule has 1 aliphatic heterocycles. The number of pyridine rings is 1. The summed E-state index contributed by atoms with van der Waals surface area (Å²) in [6, 6.07) is 27.7. The molecular weight excluding hydrogens is 318 g/mol. The smallest absolute Gasteiger partial charge is 0.0730 e. The Morgan fingerprint density at radius 2 is 1.04 bits per heavy atom. The normalized spacial score (nSPS) is 14.9. The predicted molar refractivity (Wildman–Crippen MR) is 110 cm³/mol. The highest BCUT2D eigenvalue weighted by Crippen LogP contribution is 2.34. The average molecular weight is 339 g/mol. The number of anilines is 2. The first-order valence-electron chi connectivity index (χ1n) is 9.22. The lowest BCUT2D eigenvalue weighted by Gasteiger charge is -2.38. The number of benzene rings is 3. The van der Waals surface area contributed by atoms with Crippen molar-refractivity contribution in [3.8, 4) is 0 Å². The molecule has 0 amide bonds. The SMILES string of the molecule is c1ccc(N2CCN(c3c4ccccc4nc4ccccc34)CC2)cc1. The van der Waals surface area contributed by atoms with E-state index in [0.29, 0.717) is 0 Å². The van der Waals surface area contributed by atoms with E-state index >= 15 is 0 Å². The van der Waals surface area contributed by atoms with Crippen molar-refractivity contribution in [1.82, 2.24) is 4.98 Å². The lowest BCUT2D eigenvalue weighted by atomic mass is 10.1. The van der Waals surface area contributed by atoms with Crippen LogP contribution in [0, 0.1) is 0 Å². The van der Waals surface area contributed by atoms with Crippen LogP contribution in [0.5, 0.6) is 0 Å². The number of hydrogen-bond acceptors (Lipinski definition) is 3. The van der Waals surface area contributed by atoms with Gasteiger partial charge >= 0.3 is 0 Å². The van der Waals surface area contributed by atoms with Crippen LogP contribution in [0.2, 0.25) is 0 Å². The third-order valence-corrected chi connectivity index (χ3v) is 5.28. The summed E-state index contributed by atoms with van der Waals surface area (Å²) in [6.45, 7) is 4.11. The minimum atomic E-state index is 1.02. The summed E-state index contributed by atoms with van der Waals surface area (Å²) in [7, 11) is 0. The zero-order valence-electron chi connectivity index (χ0n) is 14.7. The topological polar surface area (TPSA) is 19.4 Å². The Kier molecular flexibility index (Phi) is 3.71. The van der Waals surface area contributed by atoms with E-state index < -0.39 is 0 Å². The van der Waals surface area contributed by atoms with Gasteiger partial charge in [-0.15, -0.1) is 0 Å². The molecule has 0 saturated carbocycles. The molecule has 5 rings (SSSR count). The average Bonchev–Trinajstić information content (AvgIpc) is 2.73. The summed E-state index contributed by atoms with van der Waals surface area (Å²) in [4.78, 5) is 9.87. The highest BCUT2D eigenvalue weighted by atomic mass is 15.3. The van der Waals surface area contributed by atoms with Gasteiger partial charge in [-0.1, -0.05) is 54.6 Å². The number of hydrogen-bond donors (Lipinski definition) is 0. The Labute approximate surface area is 153 Å². The number of rotatable bonds is 2. The van der Waals surface area contributed by atoms with Crippen molar-refractivity contribution in [3.63, 3.8) is 0 Å². The highest BCUT2D eigenvalue weighted by molar-refractivity contribution is 6.07. The van der Waals surface area contributed by atoms with E-state index in [0.717, 1.165) is 37.2 Å². The van der Waals surface area contributed by atoms with Crippen LogP contribution in [0.15, 0.2) is 78.9 Å². The summed E-state index contributed by atoms with van der Waals surface area (Å²) in [5.41, 5.74) is 4.80. The second-order valence-corrected chi connectivity index (χ2v) is 6.80. The first kappa shape index (κ1) is 15.2. The van der Waals surface area contributed by atoms with Crippen LogP contribution in [-0.4, -0.2) is 31.2 Å². The third kappa shape index (κ3) is 2.57. The molecule has 3 heteroatoms. The molecule has 0 unspecified atom stereocenters. The fourth-order valence-electron chi connectivity index (χ4n) is 3.99. The third-order valence-electron chi connectivity index (χ3n) is 5.28. The van der Waals surface area contributed by atoms with E-state index in [1.54, 1.807) is 0 Å². The molecule has 0 N–H and O–H groups in total. The summed E-state index contributed by atoms with van der Waals surface area (Å²) in [5.74, 6) is 0. The largest absolute Gasteiger partial charge is 0.368 e. The molecule has 1 fully saturated rings. The van der Waals surface area contributed by atoms with Crippen molar-refractivity contribution < 1.29 is 0 Å². The highest BCUT2D eigenvalue weighted by Gasteiger charge is 2.21. The van der Waals surface area contributed by atoms with Gasteiger partial charge in [0.2, 0.25) is 0 Å². The molecule has 1 aliphatic rings. The standard InChI is InChI=1S/C23H21N3/c1-2-8-18(9-3-1)25-14-16-26(17-15-25)23-19-10-4-6-12-21(19)24-22-13-7-5-11-20(22)23/h1-13H,14-17H2. The molecule has 1 aromatic heterocycles. The summed E-state index contributed by atoms with van der Waals surface area (Å²) >= 11 is 0. The molecule has 0 aliphatic carbocycles. The van der Waals surface area contributed by atoms with Gasteiger partial charge in [-0.3, -0.25) is 0 Å². The maximum absolute atomic E-state index is 4.86. The quantitative estimate of drug-likeness (QED) is 0.493. The van der Waals surface area contributed by atoms with Gasteiger partial charge in [-0.05, 0) is 24.3 Å². The zero-order chi connectivity index (χ0) is 17.3. The van der Waals surface area contributed by atoms with Crippen LogP contribution in [-0.2, 0) is 0 Å². The Morgan fingerprint density at radius 1 is 0.538 bits per heavy atom. The van der Waals surface area contributed by atoms with E-state index in [1.165, 1.54) is 22.1 Å². The second-order valence-electron chi connectivity index (χ2n) is 6.80. The van der Waals surface area contributed by atoms with E-state index in [-0.39, 0.29) is 0 Å².